The van der Waals surface area contributed by atoms with E-state index in [9.17, 15) is 9.59 Å². The second-order valence-corrected chi connectivity index (χ2v) is 6.55. The van der Waals surface area contributed by atoms with E-state index in [0.29, 0.717) is 0 Å². The summed E-state index contributed by atoms with van der Waals surface area (Å²) in [7, 11) is 0. The lowest BCUT2D eigenvalue weighted by atomic mass is 9.65. The summed E-state index contributed by atoms with van der Waals surface area (Å²) in [5.74, 6) is 0.0229. The van der Waals surface area contributed by atoms with Crippen LogP contribution in [0.15, 0.2) is 23.3 Å². The molecule has 3 heteroatoms. The molecule has 0 aliphatic heterocycles. The number of alkyl halides is 1. The fourth-order valence-electron chi connectivity index (χ4n) is 2.83. The van der Waals surface area contributed by atoms with Crippen LogP contribution in [0.4, 0.5) is 0 Å². The van der Waals surface area contributed by atoms with Gasteiger partial charge in [0.15, 0.2) is 5.78 Å². The first-order valence-corrected chi connectivity index (χ1v) is 7.99. The topological polar surface area (TPSA) is 34.1 Å². The van der Waals surface area contributed by atoms with Crippen molar-refractivity contribution in [2.75, 3.05) is 5.33 Å². The molecule has 0 saturated heterocycles. The molecule has 0 spiro atoms. The van der Waals surface area contributed by atoms with E-state index in [1.165, 1.54) is 0 Å². The first-order chi connectivity index (χ1) is 8.95. The Bertz CT molecular complexity index is 405. The molecular formula is C16H23BrO2. The number of hydrogen-bond acceptors (Lipinski definition) is 2. The molecule has 19 heavy (non-hydrogen) atoms. The molecule has 1 rings (SSSR count). The molecule has 0 saturated carbocycles. The van der Waals surface area contributed by atoms with Crippen LogP contribution in [0.1, 0.15) is 46.5 Å². The zero-order valence-corrected chi connectivity index (χ0v) is 13.6. The summed E-state index contributed by atoms with van der Waals surface area (Å²) in [5, 5.41) is 0.950. The number of rotatable bonds is 6. The summed E-state index contributed by atoms with van der Waals surface area (Å²) < 4.78 is 0. The smallest absolute Gasteiger partial charge is 0.182 e. The Hall–Kier alpha value is -0.700. The normalized spacial score (nSPS) is 22.8. The minimum atomic E-state index is -0.346. The molecule has 0 aromatic carbocycles. The van der Waals surface area contributed by atoms with Crippen LogP contribution in [0.3, 0.4) is 0 Å². The third-order valence-electron chi connectivity index (χ3n) is 4.01. The highest BCUT2D eigenvalue weighted by molar-refractivity contribution is 9.09. The number of hydrogen-bond donors (Lipinski definition) is 0. The molecule has 1 aliphatic rings. The average molecular weight is 327 g/mol. The second-order valence-electron chi connectivity index (χ2n) is 5.76. The van der Waals surface area contributed by atoms with Crippen LogP contribution in [-0.2, 0) is 9.59 Å². The van der Waals surface area contributed by atoms with Crippen molar-refractivity contribution in [3.05, 3.63) is 23.3 Å². The van der Waals surface area contributed by atoms with Crippen LogP contribution < -0.4 is 0 Å². The number of ketones is 1. The number of halogens is 1. The Morgan fingerprint density at radius 2 is 2.16 bits per heavy atom. The molecule has 0 bridgehead atoms. The van der Waals surface area contributed by atoms with Crippen LogP contribution in [0, 0.1) is 11.3 Å². The molecule has 2 nitrogen and oxygen atoms in total. The number of carbonyl (C=O) groups excluding carboxylic acids is 2. The van der Waals surface area contributed by atoms with Crippen molar-refractivity contribution in [3.63, 3.8) is 0 Å². The molecule has 0 aromatic heterocycles. The average Bonchev–Trinajstić information content (AvgIpc) is 2.34. The maximum absolute atomic E-state index is 12.4. The highest BCUT2D eigenvalue weighted by Crippen LogP contribution is 2.44. The van der Waals surface area contributed by atoms with E-state index in [2.05, 4.69) is 15.9 Å². The molecule has 1 atom stereocenters. The zero-order valence-electron chi connectivity index (χ0n) is 12.0. The monoisotopic (exact) mass is 326 g/mol. The quantitative estimate of drug-likeness (QED) is 0.316. The second kappa shape index (κ2) is 7.18. The summed E-state index contributed by atoms with van der Waals surface area (Å²) in [6.45, 7) is 6.03. The van der Waals surface area contributed by atoms with Crippen LogP contribution in [0.25, 0.3) is 0 Å². The molecule has 0 fully saturated rings. The zero-order chi connectivity index (χ0) is 14.5. The Kier molecular flexibility index (Phi) is 6.18. The molecule has 1 aliphatic carbocycles. The van der Waals surface area contributed by atoms with Crippen molar-refractivity contribution < 1.29 is 9.59 Å². The maximum atomic E-state index is 12.4. The maximum Gasteiger partial charge on any atom is 0.182 e. The molecule has 1 unspecified atom stereocenters. The lowest BCUT2D eigenvalue weighted by molar-refractivity contribution is -0.116. The highest BCUT2D eigenvalue weighted by Gasteiger charge is 2.39. The molecule has 0 amide bonds. The van der Waals surface area contributed by atoms with Gasteiger partial charge in [-0.3, -0.25) is 4.79 Å². The summed E-state index contributed by atoms with van der Waals surface area (Å²) in [6, 6.07) is 0. The Balaban J connectivity index is 2.92. The van der Waals surface area contributed by atoms with Crippen LogP contribution in [0.5, 0.6) is 0 Å². The summed E-state index contributed by atoms with van der Waals surface area (Å²) in [5.41, 5.74) is 1.63. The molecule has 106 valence electrons. The molecule has 0 heterocycles. The summed E-state index contributed by atoms with van der Waals surface area (Å²) >= 11 is 3.37. The van der Waals surface area contributed by atoms with Crippen LogP contribution in [0.2, 0.25) is 0 Å². The van der Waals surface area contributed by atoms with E-state index in [-0.39, 0.29) is 17.1 Å². The van der Waals surface area contributed by atoms with Gasteiger partial charge in [-0.05, 0) is 38.7 Å². The summed E-state index contributed by atoms with van der Waals surface area (Å²) in [4.78, 5) is 23.6. The highest BCUT2D eigenvalue weighted by atomic mass is 79.9. The lowest BCUT2D eigenvalue weighted by Crippen LogP contribution is -2.34. The van der Waals surface area contributed by atoms with Gasteiger partial charge in [0.1, 0.15) is 6.29 Å². The standard InChI is InChI=1S/C16H23BrO2/c1-12-8-9-13(11-18)16(2,3)15(12)14(19)7-5-4-6-10-17/h5,7,11,13H,4,6,8-10H2,1-3H3/b7-5+. The van der Waals surface area contributed by atoms with Crippen molar-refractivity contribution in [2.24, 2.45) is 11.3 Å². The van der Waals surface area contributed by atoms with E-state index in [1.54, 1.807) is 6.08 Å². The Morgan fingerprint density at radius 1 is 1.47 bits per heavy atom. The van der Waals surface area contributed by atoms with E-state index >= 15 is 0 Å². The minimum absolute atomic E-state index is 0.0499. The number of aldehydes is 1. The fourth-order valence-corrected chi connectivity index (χ4v) is 3.15. The van der Waals surface area contributed by atoms with Gasteiger partial charge in [-0.25, -0.2) is 0 Å². The SMILES string of the molecule is CC1=C(C(=O)/C=C/CCCBr)C(C)(C)C(C=O)CC1. The van der Waals surface area contributed by atoms with Crippen molar-refractivity contribution in [3.8, 4) is 0 Å². The molecule has 0 N–H and O–H groups in total. The van der Waals surface area contributed by atoms with E-state index < -0.39 is 0 Å². The number of carbonyl (C=O) groups is 2. The largest absolute Gasteiger partial charge is 0.303 e. The van der Waals surface area contributed by atoms with Gasteiger partial charge in [0, 0.05) is 22.2 Å². The van der Waals surface area contributed by atoms with Gasteiger partial charge in [0.25, 0.3) is 0 Å². The first kappa shape index (κ1) is 16.4. The lowest BCUT2D eigenvalue weighted by Gasteiger charge is -2.38. The Morgan fingerprint density at radius 3 is 2.74 bits per heavy atom. The molecular weight excluding hydrogens is 304 g/mol. The van der Waals surface area contributed by atoms with E-state index in [1.807, 2.05) is 26.8 Å². The predicted octanol–water partition coefficient (Wildman–Crippen LogP) is 4.24. The molecule has 0 radical (unpaired) electrons. The van der Waals surface area contributed by atoms with Gasteiger partial charge < -0.3 is 4.79 Å². The third-order valence-corrected chi connectivity index (χ3v) is 4.57. The number of allylic oxidation sites excluding steroid dienone is 4. The van der Waals surface area contributed by atoms with Crippen molar-refractivity contribution in [2.45, 2.75) is 46.5 Å². The molecule has 0 aromatic rings. The van der Waals surface area contributed by atoms with Crippen molar-refractivity contribution >= 4 is 28.0 Å². The van der Waals surface area contributed by atoms with Crippen molar-refractivity contribution in [1.29, 1.82) is 0 Å². The summed E-state index contributed by atoms with van der Waals surface area (Å²) in [6.07, 6.45) is 8.26. The van der Waals surface area contributed by atoms with E-state index in [0.717, 1.165) is 48.4 Å². The predicted molar refractivity (Wildman–Crippen MR) is 82.4 cm³/mol. The first-order valence-electron chi connectivity index (χ1n) is 6.87. The van der Waals surface area contributed by atoms with Gasteiger partial charge in [0.2, 0.25) is 0 Å². The number of unbranched alkanes of at least 4 members (excludes halogenated alkanes) is 1. The van der Waals surface area contributed by atoms with Gasteiger partial charge in [-0.15, -0.1) is 0 Å². The van der Waals surface area contributed by atoms with Gasteiger partial charge in [0.05, 0.1) is 0 Å². The van der Waals surface area contributed by atoms with Gasteiger partial charge >= 0.3 is 0 Å². The third kappa shape index (κ3) is 3.88. The Labute approximate surface area is 124 Å². The van der Waals surface area contributed by atoms with Gasteiger partial charge in [-0.1, -0.05) is 41.4 Å². The van der Waals surface area contributed by atoms with Gasteiger partial charge in [-0.2, -0.15) is 0 Å². The van der Waals surface area contributed by atoms with Crippen molar-refractivity contribution in [1.82, 2.24) is 0 Å². The van der Waals surface area contributed by atoms with Crippen LogP contribution in [-0.4, -0.2) is 17.4 Å². The van der Waals surface area contributed by atoms with E-state index in [4.69, 9.17) is 0 Å². The minimum Gasteiger partial charge on any atom is -0.303 e. The fraction of sp³-hybridized carbons (Fsp3) is 0.625. The van der Waals surface area contributed by atoms with Crippen LogP contribution >= 0.6 is 15.9 Å².